The SMILES string of the molecule is CC(NS(=O)(=O)c1ccc2c(c1)OCCCO2)C(=O)NC(C)(C)CN. The van der Waals surface area contributed by atoms with Crippen molar-refractivity contribution in [2.24, 2.45) is 5.73 Å². The van der Waals surface area contributed by atoms with Gasteiger partial charge in [0.1, 0.15) is 0 Å². The largest absolute Gasteiger partial charge is 0.490 e. The molecule has 1 amide bonds. The number of carbonyl (C=O) groups is 1. The van der Waals surface area contributed by atoms with Crippen LogP contribution in [0.5, 0.6) is 11.5 Å². The van der Waals surface area contributed by atoms with Crippen molar-refractivity contribution in [1.82, 2.24) is 10.0 Å². The Morgan fingerprint density at radius 2 is 1.92 bits per heavy atom. The summed E-state index contributed by atoms with van der Waals surface area (Å²) >= 11 is 0. The van der Waals surface area contributed by atoms with Gasteiger partial charge in [0, 0.05) is 24.6 Å². The Balaban J connectivity index is 2.13. The summed E-state index contributed by atoms with van der Waals surface area (Å²) in [4.78, 5) is 12.2. The number of nitrogens with two attached hydrogens (primary N) is 1. The van der Waals surface area contributed by atoms with Gasteiger partial charge >= 0.3 is 0 Å². The Bertz CT molecular complexity index is 733. The molecule has 1 aliphatic heterocycles. The van der Waals surface area contributed by atoms with Crippen molar-refractivity contribution >= 4 is 15.9 Å². The van der Waals surface area contributed by atoms with Crippen molar-refractivity contribution in [1.29, 1.82) is 0 Å². The average molecular weight is 371 g/mol. The lowest BCUT2D eigenvalue weighted by Crippen LogP contribution is -2.54. The zero-order valence-corrected chi connectivity index (χ0v) is 15.5. The van der Waals surface area contributed by atoms with E-state index in [0.29, 0.717) is 24.7 Å². The summed E-state index contributed by atoms with van der Waals surface area (Å²) in [6, 6.07) is 3.42. The van der Waals surface area contributed by atoms with E-state index in [4.69, 9.17) is 15.2 Å². The molecule has 1 heterocycles. The molecule has 2 rings (SSSR count). The number of rotatable bonds is 6. The first-order valence-corrected chi connectivity index (χ1v) is 9.57. The Kier molecular flexibility index (Phi) is 5.91. The standard InChI is InChI=1S/C16H25N3O5S/c1-11(15(20)18-16(2,3)10-17)19-25(21,22)12-5-6-13-14(9-12)24-8-4-7-23-13/h5-6,9,11,19H,4,7-8,10,17H2,1-3H3,(H,18,20). The van der Waals surface area contributed by atoms with Gasteiger partial charge in [-0.2, -0.15) is 4.72 Å². The second kappa shape index (κ2) is 7.59. The van der Waals surface area contributed by atoms with E-state index in [1.807, 2.05) is 0 Å². The molecular formula is C16H25N3O5S. The number of amides is 1. The fourth-order valence-electron chi connectivity index (χ4n) is 2.16. The van der Waals surface area contributed by atoms with Gasteiger partial charge in [-0.05, 0) is 32.9 Å². The lowest BCUT2D eigenvalue weighted by atomic mass is 10.1. The highest BCUT2D eigenvalue weighted by atomic mass is 32.2. The number of hydrogen-bond acceptors (Lipinski definition) is 6. The fraction of sp³-hybridized carbons (Fsp3) is 0.562. The molecule has 1 unspecified atom stereocenters. The number of benzene rings is 1. The van der Waals surface area contributed by atoms with Gasteiger partial charge in [-0.3, -0.25) is 4.79 Å². The number of nitrogens with one attached hydrogen (secondary N) is 2. The van der Waals surface area contributed by atoms with E-state index in [2.05, 4.69) is 10.0 Å². The van der Waals surface area contributed by atoms with Gasteiger partial charge in [0.2, 0.25) is 15.9 Å². The first kappa shape index (κ1) is 19.5. The molecule has 140 valence electrons. The highest BCUT2D eigenvalue weighted by molar-refractivity contribution is 7.89. The maximum absolute atomic E-state index is 12.5. The van der Waals surface area contributed by atoms with Crippen LogP contribution in [-0.2, 0) is 14.8 Å². The lowest BCUT2D eigenvalue weighted by Gasteiger charge is -2.26. The monoisotopic (exact) mass is 371 g/mol. The van der Waals surface area contributed by atoms with E-state index in [0.717, 1.165) is 6.42 Å². The highest BCUT2D eigenvalue weighted by Crippen LogP contribution is 2.31. The van der Waals surface area contributed by atoms with Crippen LogP contribution in [0.1, 0.15) is 27.2 Å². The van der Waals surface area contributed by atoms with Crippen LogP contribution in [0, 0.1) is 0 Å². The number of hydrogen-bond donors (Lipinski definition) is 3. The molecule has 25 heavy (non-hydrogen) atoms. The van der Waals surface area contributed by atoms with Crippen LogP contribution in [0.15, 0.2) is 23.1 Å². The van der Waals surface area contributed by atoms with Gasteiger partial charge in [-0.1, -0.05) is 0 Å². The topological polar surface area (TPSA) is 120 Å². The molecule has 0 spiro atoms. The molecule has 0 aliphatic carbocycles. The van der Waals surface area contributed by atoms with Crippen molar-refractivity contribution in [3.63, 3.8) is 0 Å². The van der Waals surface area contributed by atoms with E-state index in [9.17, 15) is 13.2 Å². The maximum atomic E-state index is 12.5. The quantitative estimate of drug-likeness (QED) is 0.664. The van der Waals surface area contributed by atoms with Gasteiger partial charge in [0.15, 0.2) is 11.5 Å². The molecule has 0 fully saturated rings. The summed E-state index contributed by atoms with van der Waals surface area (Å²) in [6.07, 6.45) is 0.725. The normalized spacial score (nSPS) is 16.0. The Labute approximate surface area is 148 Å². The van der Waals surface area contributed by atoms with E-state index in [-0.39, 0.29) is 11.4 Å². The van der Waals surface area contributed by atoms with Crippen LogP contribution < -0.4 is 25.2 Å². The van der Waals surface area contributed by atoms with E-state index in [1.54, 1.807) is 19.9 Å². The molecular weight excluding hydrogens is 346 g/mol. The molecule has 0 saturated heterocycles. The first-order chi connectivity index (χ1) is 11.6. The molecule has 9 heteroatoms. The smallest absolute Gasteiger partial charge is 0.241 e. The predicted molar refractivity (Wildman–Crippen MR) is 93.1 cm³/mol. The molecule has 1 aromatic rings. The number of sulfonamides is 1. The van der Waals surface area contributed by atoms with Gasteiger partial charge in [0.25, 0.3) is 0 Å². The lowest BCUT2D eigenvalue weighted by molar-refractivity contribution is -0.123. The van der Waals surface area contributed by atoms with Crippen LogP contribution in [0.2, 0.25) is 0 Å². The van der Waals surface area contributed by atoms with E-state index in [1.165, 1.54) is 19.1 Å². The predicted octanol–water partition coefficient (Wildman–Crippen LogP) is 0.368. The second-order valence-electron chi connectivity index (χ2n) is 6.58. The van der Waals surface area contributed by atoms with E-state index >= 15 is 0 Å². The van der Waals surface area contributed by atoms with Crippen LogP contribution in [0.3, 0.4) is 0 Å². The van der Waals surface area contributed by atoms with Crippen LogP contribution in [-0.4, -0.2) is 45.7 Å². The Hall–Kier alpha value is -1.84. The zero-order chi connectivity index (χ0) is 18.7. The van der Waals surface area contributed by atoms with Crippen molar-refractivity contribution in [3.05, 3.63) is 18.2 Å². The van der Waals surface area contributed by atoms with Crippen molar-refractivity contribution < 1.29 is 22.7 Å². The number of fused-ring (bicyclic) bond motifs is 1. The third kappa shape index (κ3) is 5.07. The maximum Gasteiger partial charge on any atom is 0.241 e. The molecule has 0 bridgehead atoms. The molecule has 0 saturated carbocycles. The summed E-state index contributed by atoms with van der Waals surface area (Å²) in [7, 11) is -3.89. The van der Waals surface area contributed by atoms with Crippen molar-refractivity contribution in [2.45, 2.75) is 43.7 Å². The third-order valence-electron chi connectivity index (χ3n) is 3.73. The Morgan fingerprint density at radius 1 is 1.28 bits per heavy atom. The van der Waals surface area contributed by atoms with Gasteiger partial charge < -0.3 is 20.5 Å². The van der Waals surface area contributed by atoms with Crippen LogP contribution in [0.4, 0.5) is 0 Å². The summed E-state index contributed by atoms with van der Waals surface area (Å²) in [5.74, 6) is 0.432. The molecule has 1 aliphatic rings. The summed E-state index contributed by atoms with van der Waals surface area (Å²) in [5, 5.41) is 2.70. The minimum atomic E-state index is -3.89. The number of carbonyl (C=O) groups excluding carboxylic acids is 1. The summed E-state index contributed by atoms with van der Waals surface area (Å²) < 4.78 is 38.4. The summed E-state index contributed by atoms with van der Waals surface area (Å²) in [5.41, 5.74) is 4.95. The van der Waals surface area contributed by atoms with Gasteiger partial charge in [0.05, 0.1) is 24.2 Å². The second-order valence-corrected chi connectivity index (χ2v) is 8.29. The van der Waals surface area contributed by atoms with Crippen LogP contribution in [0.25, 0.3) is 0 Å². The van der Waals surface area contributed by atoms with E-state index < -0.39 is 27.5 Å². The zero-order valence-electron chi connectivity index (χ0n) is 14.7. The third-order valence-corrected chi connectivity index (χ3v) is 5.26. The molecule has 0 aromatic heterocycles. The van der Waals surface area contributed by atoms with Gasteiger partial charge in [-0.25, -0.2) is 8.42 Å². The molecule has 8 nitrogen and oxygen atoms in total. The highest BCUT2D eigenvalue weighted by Gasteiger charge is 2.27. The van der Waals surface area contributed by atoms with Crippen molar-refractivity contribution in [2.75, 3.05) is 19.8 Å². The summed E-state index contributed by atoms with van der Waals surface area (Å²) in [6.45, 7) is 6.21. The number of ether oxygens (including phenoxy) is 2. The van der Waals surface area contributed by atoms with Crippen LogP contribution >= 0.6 is 0 Å². The Morgan fingerprint density at radius 3 is 2.56 bits per heavy atom. The van der Waals surface area contributed by atoms with Crippen molar-refractivity contribution in [3.8, 4) is 11.5 Å². The molecule has 0 radical (unpaired) electrons. The minimum Gasteiger partial charge on any atom is -0.490 e. The first-order valence-electron chi connectivity index (χ1n) is 8.09. The van der Waals surface area contributed by atoms with Gasteiger partial charge in [-0.15, -0.1) is 0 Å². The fourth-order valence-corrected chi connectivity index (χ4v) is 3.38. The minimum absolute atomic E-state index is 0.00878. The molecule has 4 N–H and O–H groups in total. The molecule has 1 atom stereocenters. The average Bonchev–Trinajstić information content (AvgIpc) is 2.78. The molecule has 1 aromatic carbocycles.